The highest BCUT2D eigenvalue weighted by atomic mass is 19.1. The van der Waals surface area contributed by atoms with E-state index in [1.165, 1.54) is 18.2 Å². The summed E-state index contributed by atoms with van der Waals surface area (Å²) in [5.41, 5.74) is 0.946. The largest absolute Gasteiger partial charge is 0.496 e. The molecular formula is C31H39F2NO5. The zero-order valence-electron chi connectivity index (χ0n) is 23.7. The Bertz CT molecular complexity index is 1200. The maximum absolute atomic E-state index is 14.2. The highest BCUT2D eigenvalue weighted by Crippen LogP contribution is 2.46. The molecule has 2 aromatic carbocycles. The first kappa shape index (κ1) is 30.1. The Morgan fingerprint density at radius 1 is 1.05 bits per heavy atom. The Hall–Kier alpha value is -3.42. The predicted octanol–water partition coefficient (Wildman–Crippen LogP) is 7.44. The number of hydrogen-bond acceptors (Lipinski definition) is 5. The summed E-state index contributed by atoms with van der Waals surface area (Å²) >= 11 is 0. The molecule has 2 atom stereocenters. The number of unbranched alkanes of at least 4 members (excludes halogenated alkanes) is 2. The number of hydrogen-bond donors (Lipinski definition) is 0. The van der Waals surface area contributed by atoms with Gasteiger partial charge in [-0.25, -0.2) is 13.6 Å². The summed E-state index contributed by atoms with van der Waals surface area (Å²) < 4.78 is 44.7. The van der Waals surface area contributed by atoms with Gasteiger partial charge in [0.15, 0.2) is 5.78 Å². The first-order chi connectivity index (χ1) is 18.5. The van der Waals surface area contributed by atoms with Crippen molar-refractivity contribution >= 4 is 18.0 Å². The second-order valence-electron chi connectivity index (χ2n) is 10.8. The molecule has 0 radical (unpaired) electrons. The van der Waals surface area contributed by atoms with Crippen molar-refractivity contribution in [1.29, 1.82) is 0 Å². The molecule has 3 rings (SSSR count). The molecule has 1 aliphatic heterocycles. The molecule has 1 aliphatic rings. The normalized spacial score (nSPS) is 17.2. The van der Waals surface area contributed by atoms with Crippen molar-refractivity contribution in [3.63, 3.8) is 0 Å². The van der Waals surface area contributed by atoms with Crippen molar-refractivity contribution in [2.75, 3.05) is 14.2 Å². The van der Waals surface area contributed by atoms with Crippen LogP contribution in [0.2, 0.25) is 0 Å². The molecular weight excluding hydrogens is 504 g/mol. The van der Waals surface area contributed by atoms with Gasteiger partial charge >= 0.3 is 6.09 Å². The maximum atomic E-state index is 14.2. The molecule has 0 fully saturated rings. The van der Waals surface area contributed by atoms with Crippen LogP contribution in [0.25, 0.3) is 6.08 Å². The van der Waals surface area contributed by atoms with Crippen molar-refractivity contribution in [3.05, 3.63) is 64.7 Å². The molecule has 0 aliphatic carbocycles. The van der Waals surface area contributed by atoms with Crippen LogP contribution in [0.5, 0.6) is 11.5 Å². The van der Waals surface area contributed by atoms with E-state index in [4.69, 9.17) is 14.2 Å². The number of ketones is 1. The summed E-state index contributed by atoms with van der Waals surface area (Å²) in [7, 11) is 3.14. The Kier molecular flexibility index (Phi) is 10.1. The number of rotatable bonds is 10. The number of ether oxygens (including phenoxy) is 3. The minimum Gasteiger partial charge on any atom is -0.496 e. The van der Waals surface area contributed by atoms with Crippen molar-refractivity contribution in [2.45, 2.75) is 83.9 Å². The van der Waals surface area contributed by atoms with Gasteiger partial charge < -0.3 is 14.2 Å². The van der Waals surface area contributed by atoms with Crippen molar-refractivity contribution in [2.24, 2.45) is 0 Å². The average Bonchev–Trinajstić information content (AvgIpc) is 2.86. The van der Waals surface area contributed by atoms with Gasteiger partial charge in [-0.1, -0.05) is 26.2 Å². The van der Waals surface area contributed by atoms with Gasteiger partial charge in [-0.2, -0.15) is 0 Å². The molecule has 0 aromatic heterocycles. The van der Waals surface area contributed by atoms with E-state index in [9.17, 15) is 18.4 Å². The van der Waals surface area contributed by atoms with Gasteiger partial charge in [-0.3, -0.25) is 9.69 Å². The number of amides is 1. The van der Waals surface area contributed by atoms with E-state index < -0.39 is 29.4 Å². The van der Waals surface area contributed by atoms with Crippen LogP contribution in [0, 0.1) is 11.6 Å². The van der Waals surface area contributed by atoms with Crippen LogP contribution in [0.1, 0.15) is 82.5 Å². The Morgan fingerprint density at radius 3 is 2.36 bits per heavy atom. The molecule has 1 heterocycles. The number of carbonyl (C=O) groups is 2. The Balaban J connectivity index is 2.08. The van der Waals surface area contributed by atoms with E-state index in [1.54, 1.807) is 46.0 Å². The summed E-state index contributed by atoms with van der Waals surface area (Å²) in [5, 5.41) is 0. The van der Waals surface area contributed by atoms with Gasteiger partial charge in [-0.05, 0) is 70.0 Å². The highest BCUT2D eigenvalue weighted by Gasteiger charge is 2.42. The molecule has 2 aromatic rings. The number of methoxy groups -OCH3 is 2. The van der Waals surface area contributed by atoms with E-state index in [0.29, 0.717) is 23.5 Å². The summed E-state index contributed by atoms with van der Waals surface area (Å²) in [6.07, 6.45) is 6.19. The number of fused-ring (bicyclic) bond motifs is 1. The highest BCUT2D eigenvalue weighted by molar-refractivity contribution is 5.94. The number of halogens is 2. The van der Waals surface area contributed by atoms with E-state index in [1.807, 2.05) is 6.07 Å². The van der Waals surface area contributed by atoms with Crippen LogP contribution in [0.3, 0.4) is 0 Å². The topological polar surface area (TPSA) is 65.1 Å². The molecule has 0 saturated carbocycles. The van der Waals surface area contributed by atoms with E-state index >= 15 is 0 Å². The number of carbonyl (C=O) groups excluding carboxylic acids is 2. The fraction of sp³-hybridized carbons (Fsp3) is 0.484. The van der Waals surface area contributed by atoms with Crippen LogP contribution >= 0.6 is 0 Å². The second-order valence-corrected chi connectivity index (χ2v) is 10.8. The van der Waals surface area contributed by atoms with Gasteiger partial charge in [-0.15, -0.1) is 0 Å². The van der Waals surface area contributed by atoms with Gasteiger partial charge in [0.25, 0.3) is 0 Å². The SMILES string of the molecule is CCCCC[C@H]1Cc2c(OC)ccc(OC)c2[C@H](CC(=O)C=Cc2ccc(F)cc2F)N1C(=O)OC(C)(C)C. The Morgan fingerprint density at radius 2 is 1.74 bits per heavy atom. The van der Waals surface area contributed by atoms with Crippen molar-refractivity contribution in [1.82, 2.24) is 4.90 Å². The van der Waals surface area contributed by atoms with Crippen LogP contribution in [-0.2, 0) is 16.0 Å². The third-order valence-corrected chi connectivity index (χ3v) is 6.77. The van der Waals surface area contributed by atoms with Crippen LogP contribution in [-0.4, -0.2) is 42.6 Å². The standard InChI is InChI=1S/C31H39F2NO5/c1-7-8-9-10-22-18-24-27(37-5)15-16-28(38-6)29(24)26(34(22)30(36)39-31(2,3)4)19-23(35)14-12-20-11-13-21(32)17-25(20)33/h11-17,22,26H,7-10,18-19H2,1-6H3/t22-,26-/m0/s1. The van der Waals surface area contributed by atoms with Crippen molar-refractivity contribution in [3.8, 4) is 11.5 Å². The summed E-state index contributed by atoms with van der Waals surface area (Å²) in [4.78, 5) is 28.7. The lowest BCUT2D eigenvalue weighted by Gasteiger charge is -2.44. The quantitative estimate of drug-likeness (QED) is 0.230. The average molecular weight is 544 g/mol. The zero-order valence-corrected chi connectivity index (χ0v) is 23.7. The lowest BCUT2D eigenvalue weighted by Crippen LogP contribution is -2.50. The molecule has 0 saturated heterocycles. The van der Waals surface area contributed by atoms with Gasteiger partial charge in [0.05, 0.1) is 20.3 Å². The van der Waals surface area contributed by atoms with Gasteiger partial charge in [0, 0.05) is 35.2 Å². The molecule has 212 valence electrons. The van der Waals surface area contributed by atoms with Crippen LogP contribution < -0.4 is 9.47 Å². The van der Waals surface area contributed by atoms with Gasteiger partial charge in [0.2, 0.25) is 0 Å². The monoisotopic (exact) mass is 543 g/mol. The molecule has 39 heavy (non-hydrogen) atoms. The summed E-state index contributed by atoms with van der Waals surface area (Å²) in [6.45, 7) is 7.53. The van der Waals surface area contributed by atoms with E-state index in [2.05, 4.69) is 6.92 Å². The molecule has 0 unspecified atom stereocenters. The summed E-state index contributed by atoms with van der Waals surface area (Å²) in [6, 6.07) is 5.85. The third-order valence-electron chi connectivity index (χ3n) is 6.77. The maximum Gasteiger partial charge on any atom is 0.411 e. The molecule has 0 bridgehead atoms. The number of benzene rings is 2. The fourth-order valence-corrected chi connectivity index (χ4v) is 5.04. The molecule has 8 heteroatoms. The smallest absolute Gasteiger partial charge is 0.411 e. The fourth-order valence-electron chi connectivity index (χ4n) is 5.04. The molecule has 0 spiro atoms. The Labute approximate surface area is 229 Å². The predicted molar refractivity (Wildman–Crippen MR) is 147 cm³/mol. The summed E-state index contributed by atoms with van der Waals surface area (Å²) in [5.74, 6) is -0.589. The zero-order chi connectivity index (χ0) is 28.7. The van der Waals surface area contributed by atoms with E-state index in [0.717, 1.165) is 43.4 Å². The first-order valence-electron chi connectivity index (χ1n) is 13.4. The lowest BCUT2D eigenvalue weighted by atomic mass is 9.83. The van der Waals surface area contributed by atoms with E-state index in [-0.39, 0.29) is 23.8 Å². The molecule has 6 nitrogen and oxygen atoms in total. The van der Waals surface area contributed by atoms with Crippen molar-refractivity contribution < 1.29 is 32.6 Å². The van der Waals surface area contributed by atoms with Crippen LogP contribution in [0.4, 0.5) is 13.6 Å². The van der Waals surface area contributed by atoms with Gasteiger partial charge in [0.1, 0.15) is 28.7 Å². The third kappa shape index (κ3) is 7.58. The number of allylic oxidation sites excluding steroid dienone is 1. The second kappa shape index (κ2) is 13.1. The molecule has 1 amide bonds. The first-order valence-corrected chi connectivity index (χ1v) is 13.4. The number of nitrogens with zero attached hydrogens (tertiary/aromatic N) is 1. The minimum atomic E-state index is -0.764. The molecule has 0 N–H and O–H groups in total. The lowest BCUT2D eigenvalue weighted by molar-refractivity contribution is -0.116. The minimum absolute atomic E-state index is 0.0840. The van der Waals surface area contributed by atoms with Crippen LogP contribution in [0.15, 0.2) is 36.4 Å².